The first-order valence-electron chi connectivity index (χ1n) is 7.23. The predicted molar refractivity (Wildman–Crippen MR) is 85.5 cm³/mol. The molecule has 0 bridgehead atoms. The number of benzene rings is 1. The van der Waals surface area contributed by atoms with E-state index in [4.69, 9.17) is 13.3 Å². The van der Waals surface area contributed by atoms with Gasteiger partial charge in [0.1, 0.15) is 0 Å². The maximum Gasteiger partial charge on any atom is 0.505 e. The molecule has 3 nitrogen and oxygen atoms in total. The van der Waals surface area contributed by atoms with Gasteiger partial charge in [-0.05, 0) is 38.8 Å². The molecule has 0 heterocycles. The van der Waals surface area contributed by atoms with Gasteiger partial charge >= 0.3 is 8.80 Å². The molecule has 4 heteroatoms. The second-order valence-electron chi connectivity index (χ2n) is 4.64. The van der Waals surface area contributed by atoms with Crippen LogP contribution in [0.1, 0.15) is 38.8 Å². The molecule has 1 rings (SSSR count). The molecule has 0 N–H and O–H groups in total. The highest BCUT2D eigenvalue weighted by Gasteiger charge is 2.40. The Morgan fingerprint density at radius 3 is 1.75 bits per heavy atom. The molecule has 0 aliphatic carbocycles. The molecule has 0 radical (unpaired) electrons. The van der Waals surface area contributed by atoms with Crippen LogP contribution in [0, 0.1) is 0 Å². The van der Waals surface area contributed by atoms with Crippen molar-refractivity contribution in [3.05, 3.63) is 42.0 Å². The average Bonchev–Trinajstić information content (AvgIpc) is 2.40. The van der Waals surface area contributed by atoms with E-state index in [0.29, 0.717) is 25.9 Å². The fraction of sp³-hybridized carbons (Fsp3) is 0.500. The lowest BCUT2D eigenvalue weighted by Gasteiger charge is -2.28. The standard InChI is InChI=1S/C16H26O3Si/c1-6-17-20(18-7-2,19-8-3)13-15-9-11-16(12-10-15)14(4)5/h9-12H,4,6-8,13H2,1-3,5H3. The van der Waals surface area contributed by atoms with E-state index in [2.05, 4.69) is 30.8 Å². The monoisotopic (exact) mass is 294 g/mol. The smallest absolute Gasteiger partial charge is 0.374 e. The molecule has 0 saturated heterocycles. The van der Waals surface area contributed by atoms with Crippen LogP contribution in [-0.2, 0) is 19.3 Å². The zero-order chi connectivity index (χ0) is 15.0. The third-order valence-electron chi connectivity index (χ3n) is 2.96. The van der Waals surface area contributed by atoms with Crippen LogP contribution in [0.4, 0.5) is 0 Å². The maximum atomic E-state index is 5.87. The fourth-order valence-corrected chi connectivity index (χ4v) is 4.71. The van der Waals surface area contributed by atoms with Crippen LogP contribution in [0.25, 0.3) is 5.57 Å². The van der Waals surface area contributed by atoms with Gasteiger partial charge < -0.3 is 13.3 Å². The van der Waals surface area contributed by atoms with Gasteiger partial charge in [-0.15, -0.1) is 0 Å². The Balaban J connectivity index is 2.89. The van der Waals surface area contributed by atoms with Crippen molar-refractivity contribution in [2.45, 2.75) is 33.7 Å². The van der Waals surface area contributed by atoms with Gasteiger partial charge in [0, 0.05) is 25.9 Å². The van der Waals surface area contributed by atoms with Crippen molar-refractivity contribution >= 4 is 14.4 Å². The molecule has 0 aliphatic rings. The Hall–Kier alpha value is -0.943. The minimum atomic E-state index is -2.60. The van der Waals surface area contributed by atoms with Crippen LogP contribution in [0.15, 0.2) is 30.8 Å². The molecular formula is C16H26O3Si. The van der Waals surface area contributed by atoms with E-state index in [9.17, 15) is 0 Å². The summed E-state index contributed by atoms with van der Waals surface area (Å²) in [5.74, 6) is 0. The highest BCUT2D eigenvalue weighted by atomic mass is 28.4. The molecule has 0 aromatic heterocycles. The molecule has 0 saturated carbocycles. The summed E-state index contributed by atoms with van der Waals surface area (Å²) in [6.45, 7) is 13.7. The van der Waals surface area contributed by atoms with E-state index < -0.39 is 8.80 Å². The van der Waals surface area contributed by atoms with Gasteiger partial charge in [-0.1, -0.05) is 36.4 Å². The van der Waals surface area contributed by atoms with Gasteiger partial charge in [-0.3, -0.25) is 0 Å². The molecule has 0 unspecified atom stereocenters. The van der Waals surface area contributed by atoms with E-state index >= 15 is 0 Å². The van der Waals surface area contributed by atoms with Crippen LogP contribution in [0.2, 0.25) is 0 Å². The number of hydrogen-bond acceptors (Lipinski definition) is 3. The lowest BCUT2D eigenvalue weighted by atomic mass is 10.1. The topological polar surface area (TPSA) is 27.7 Å². The summed E-state index contributed by atoms with van der Waals surface area (Å²) in [6, 6.07) is 9.08. The molecule has 0 aliphatic heterocycles. The normalized spacial score (nSPS) is 11.6. The Labute approximate surface area is 123 Å². The molecule has 0 amide bonds. The summed E-state index contributed by atoms with van der Waals surface area (Å²) in [5.41, 5.74) is 3.40. The van der Waals surface area contributed by atoms with Crippen LogP contribution in [0.5, 0.6) is 0 Å². The van der Waals surface area contributed by atoms with Crippen molar-refractivity contribution in [3.63, 3.8) is 0 Å². The second-order valence-corrected chi connectivity index (χ2v) is 7.22. The van der Waals surface area contributed by atoms with Crippen molar-refractivity contribution < 1.29 is 13.3 Å². The minimum absolute atomic E-state index is 0.607. The molecule has 0 fully saturated rings. The molecule has 1 aromatic rings. The Morgan fingerprint density at radius 1 is 0.950 bits per heavy atom. The number of allylic oxidation sites excluding steroid dienone is 1. The van der Waals surface area contributed by atoms with Crippen molar-refractivity contribution in [2.75, 3.05) is 19.8 Å². The number of rotatable bonds is 9. The lowest BCUT2D eigenvalue weighted by molar-refractivity contribution is 0.0704. The summed E-state index contributed by atoms with van der Waals surface area (Å²) < 4.78 is 17.6. The zero-order valence-electron chi connectivity index (χ0n) is 13.1. The Morgan fingerprint density at radius 2 is 1.40 bits per heavy atom. The van der Waals surface area contributed by atoms with Gasteiger partial charge in [0.25, 0.3) is 0 Å². The van der Waals surface area contributed by atoms with Crippen LogP contribution in [-0.4, -0.2) is 28.6 Å². The second kappa shape index (κ2) is 8.37. The molecular weight excluding hydrogens is 268 g/mol. The van der Waals surface area contributed by atoms with Crippen molar-refractivity contribution in [1.29, 1.82) is 0 Å². The molecule has 112 valence electrons. The van der Waals surface area contributed by atoms with Crippen LogP contribution < -0.4 is 0 Å². The summed E-state index contributed by atoms with van der Waals surface area (Å²) in [4.78, 5) is 0. The van der Waals surface area contributed by atoms with E-state index in [0.717, 1.165) is 11.1 Å². The van der Waals surface area contributed by atoms with E-state index in [1.807, 2.05) is 27.7 Å². The molecule has 20 heavy (non-hydrogen) atoms. The summed E-state index contributed by atoms with van der Waals surface area (Å²) in [5, 5.41) is 0. The fourth-order valence-electron chi connectivity index (χ4n) is 2.09. The van der Waals surface area contributed by atoms with Crippen molar-refractivity contribution in [1.82, 2.24) is 0 Å². The Bertz CT molecular complexity index is 397. The first-order chi connectivity index (χ1) is 9.56. The molecule has 0 atom stereocenters. The van der Waals surface area contributed by atoms with Gasteiger partial charge in [-0.2, -0.15) is 0 Å². The van der Waals surface area contributed by atoms with E-state index in [-0.39, 0.29) is 0 Å². The highest BCUT2D eigenvalue weighted by molar-refractivity contribution is 6.60. The average molecular weight is 294 g/mol. The predicted octanol–water partition coefficient (Wildman–Crippen LogP) is 3.85. The zero-order valence-corrected chi connectivity index (χ0v) is 14.1. The van der Waals surface area contributed by atoms with Crippen molar-refractivity contribution in [3.8, 4) is 0 Å². The number of hydrogen-bond donors (Lipinski definition) is 0. The largest absolute Gasteiger partial charge is 0.505 e. The lowest BCUT2D eigenvalue weighted by Crippen LogP contribution is -2.48. The van der Waals surface area contributed by atoms with Gasteiger partial charge in [0.2, 0.25) is 0 Å². The summed E-state index contributed by atoms with van der Waals surface area (Å²) >= 11 is 0. The van der Waals surface area contributed by atoms with E-state index in [1.54, 1.807) is 0 Å². The maximum absolute atomic E-state index is 5.87. The van der Waals surface area contributed by atoms with Gasteiger partial charge in [0.15, 0.2) is 0 Å². The quantitative estimate of drug-likeness (QED) is 0.647. The summed E-state index contributed by atoms with van der Waals surface area (Å²) in [7, 11) is -2.60. The summed E-state index contributed by atoms with van der Waals surface area (Å²) in [6.07, 6.45) is 0. The minimum Gasteiger partial charge on any atom is -0.374 e. The van der Waals surface area contributed by atoms with Crippen LogP contribution in [0.3, 0.4) is 0 Å². The highest BCUT2D eigenvalue weighted by Crippen LogP contribution is 2.19. The third kappa shape index (κ3) is 4.87. The third-order valence-corrected chi connectivity index (χ3v) is 5.99. The van der Waals surface area contributed by atoms with Crippen LogP contribution >= 0.6 is 0 Å². The Kier molecular flexibility index (Phi) is 7.16. The van der Waals surface area contributed by atoms with Crippen molar-refractivity contribution in [2.24, 2.45) is 0 Å². The van der Waals surface area contributed by atoms with E-state index in [1.165, 1.54) is 5.56 Å². The van der Waals surface area contributed by atoms with Gasteiger partial charge in [-0.25, -0.2) is 0 Å². The molecule has 1 aromatic carbocycles. The SMILES string of the molecule is C=C(C)c1ccc(C[Si](OCC)(OCC)OCC)cc1. The first kappa shape index (κ1) is 17.1. The molecule has 0 spiro atoms. The van der Waals surface area contributed by atoms with Gasteiger partial charge in [0.05, 0.1) is 0 Å². The first-order valence-corrected chi connectivity index (χ1v) is 9.16.